The lowest BCUT2D eigenvalue weighted by Gasteiger charge is -2.41. The Kier molecular flexibility index (Phi) is 5.64. The van der Waals surface area contributed by atoms with Crippen LogP contribution in [0.25, 0.3) is 0 Å². The van der Waals surface area contributed by atoms with E-state index in [9.17, 15) is 18.0 Å². The molecule has 1 aliphatic carbocycles. The van der Waals surface area contributed by atoms with E-state index in [-0.39, 0.29) is 25.9 Å². The van der Waals surface area contributed by atoms with Gasteiger partial charge in [-0.3, -0.25) is 4.79 Å². The molecule has 112 valence electrons. The summed E-state index contributed by atoms with van der Waals surface area (Å²) >= 11 is 0. The highest BCUT2D eigenvalue weighted by atomic mass is 19.4. The molecule has 0 aliphatic heterocycles. The van der Waals surface area contributed by atoms with E-state index in [4.69, 9.17) is 4.74 Å². The fraction of sp³-hybridized carbons (Fsp3) is 0.923. The monoisotopic (exact) mass is 281 g/mol. The molecule has 0 saturated heterocycles. The molecule has 0 aromatic rings. The van der Waals surface area contributed by atoms with Crippen LogP contribution in [-0.2, 0) is 9.53 Å². The van der Waals surface area contributed by atoms with Crippen LogP contribution < -0.4 is 5.32 Å². The van der Waals surface area contributed by atoms with Gasteiger partial charge in [0.1, 0.15) is 0 Å². The maximum absolute atomic E-state index is 12.9. The first-order valence-electron chi connectivity index (χ1n) is 6.80. The number of alkyl halides is 3. The lowest BCUT2D eigenvalue weighted by Crippen LogP contribution is -2.52. The highest BCUT2D eigenvalue weighted by Crippen LogP contribution is 2.43. The summed E-state index contributed by atoms with van der Waals surface area (Å²) in [6.07, 6.45) is -2.98. The third-order valence-electron chi connectivity index (χ3n) is 3.65. The van der Waals surface area contributed by atoms with Crippen molar-refractivity contribution >= 4 is 5.97 Å². The molecule has 0 spiro atoms. The molecular formula is C13H22F3NO2. The predicted molar refractivity (Wildman–Crippen MR) is 65.7 cm³/mol. The topological polar surface area (TPSA) is 38.3 Å². The van der Waals surface area contributed by atoms with Crippen LogP contribution in [0.5, 0.6) is 0 Å². The number of carbonyl (C=O) groups excluding carboxylic acids is 1. The number of carbonyl (C=O) groups is 1. The maximum Gasteiger partial charge on any atom is 0.391 e. The van der Waals surface area contributed by atoms with E-state index >= 15 is 0 Å². The van der Waals surface area contributed by atoms with Crippen LogP contribution in [0.1, 0.15) is 46.0 Å². The second-order valence-corrected chi connectivity index (χ2v) is 5.13. The lowest BCUT2D eigenvalue weighted by atomic mass is 9.73. The molecule has 1 fully saturated rings. The molecule has 0 aromatic heterocycles. The molecule has 1 N–H and O–H groups in total. The van der Waals surface area contributed by atoms with Crippen LogP contribution in [0.4, 0.5) is 13.2 Å². The van der Waals surface area contributed by atoms with Gasteiger partial charge in [-0.05, 0) is 32.7 Å². The maximum atomic E-state index is 12.9. The summed E-state index contributed by atoms with van der Waals surface area (Å²) in [7, 11) is 0. The first-order valence-corrected chi connectivity index (χ1v) is 6.80. The highest BCUT2D eigenvalue weighted by Gasteiger charge is 2.48. The van der Waals surface area contributed by atoms with Gasteiger partial charge in [-0.25, -0.2) is 0 Å². The summed E-state index contributed by atoms with van der Waals surface area (Å²) < 4.78 is 43.5. The van der Waals surface area contributed by atoms with Crippen LogP contribution in [0.15, 0.2) is 0 Å². The third-order valence-corrected chi connectivity index (χ3v) is 3.65. The SMILES string of the molecule is CCNC1(CC(=O)OCC)CCCC(C(F)(F)F)C1. The number of hydrogen-bond acceptors (Lipinski definition) is 3. The number of ether oxygens (including phenoxy) is 1. The number of halogens is 3. The van der Waals surface area contributed by atoms with Gasteiger partial charge in [0.05, 0.1) is 18.9 Å². The molecule has 19 heavy (non-hydrogen) atoms. The van der Waals surface area contributed by atoms with Gasteiger partial charge in [0.25, 0.3) is 0 Å². The summed E-state index contributed by atoms with van der Waals surface area (Å²) in [6, 6.07) is 0. The summed E-state index contributed by atoms with van der Waals surface area (Å²) in [6.45, 7) is 4.33. The summed E-state index contributed by atoms with van der Waals surface area (Å²) in [5.74, 6) is -1.75. The molecule has 1 rings (SSSR count). The van der Waals surface area contributed by atoms with E-state index in [2.05, 4.69) is 5.32 Å². The molecule has 1 saturated carbocycles. The van der Waals surface area contributed by atoms with Crippen LogP contribution in [0, 0.1) is 5.92 Å². The number of nitrogens with one attached hydrogen (secondary N) is 1. The van der Waals surface area contributed by atoms with Crippen molar-refractivity contribution in [3.05, 3.63) is 0 Å². The van der Waals surface area contributed by atoms with E-state index in [0.29, 0.717) is 19.4 Å². The Morgan fingerprint density at radius 2 is 2.11 bits per heavy atom. The Morgan fingerprint density at radius 3 is 2.63 bits per heavy atom. The number of rotatable bonds is 5. The van der Waals surface area contributed by atoms with Crippen LogP contribution in [0.3, 0.4) is 0 Å². The molecule has 0 bridgehead atoms. The Labute approximate surface area is 111 Å². The molecule has 0 amide bonds. The second-order valence-electron chi connectivity index (χ2n) is 5.13. The lowest BCUT2D eigenvalue weighted by molar-refractivity contribution is -0.190. The van der Waals surface area contributed by atoms with Crippen molar-refractivity contribution in [3.63, 3.8) is 0 Å². The minimum atomic E-state index is -4.18. The minimum Gasteiger partial charge on any atom is -0.466 e. The van der Waals surface area contributed by atoms with E-state index in [1.54, 1.807) is 6.92 Å². The van der Waals surface area contributed by atoms with Gasteiger partial charge >= 0.3 is 12.1 Å². The Balaban J connectivity index is 2.77. The Hall–Kier alpha value is -0.780. The Morgan fingerprint density at radius 1 is 1.42 bits per heavy atom. The van der Waals surface area contributed by atoms with Crippen LogP contribution in [0.2, 0.25) is 0 Å². The van der Waals surface area contributed by atoms with Crippen molar-refractivity contribution < 1.29 is 22.7 Å². The van der Waals surface area contributed by atoms with Gasteiger partial charge in [-0.1, -0.05) is 13.3 Å². The van der Waals surface area contributed by atoms with Crippen LogP contribution >= 0.6 is 0 Å². The fourth-order valence-corrected chi connectivity index (χ4v) is 2.89. The Bertz CT molecular complexity index is 303. The number of esters is 1. The van der Waals surface area contributed by atoms with Gasteiger partial charge in [0.2, 0.25) is 0 Å². The van der Waals surface area contributed by atoms with E-state index in [1.807, 2.05) is 6.92 Å². The van der Waals surface area contributed by atoms with Gasteiger partial charge in [-0.15, -0.1) is 0 Å². The minimum absolute atomic E-state index is 0.0151. The van der Waals surface area contributed by atoms with Gasteiger partial charge in [-0.2, -0.15) is 13.2 Å². The average Bonchev–Trinajstić information content (AvgIpc) is 2.28. The highest BCUT2D eigenvalue weighted by molar-refractivity contribution is 5.71. The fourth-order valence-electron chi connectivity index (χ4n) is 2.89. The molecule has 2 unspecified atom stereocenters. The summed E-state index contributed by atoms with van der Waals surface area (Å²) in [5.41, 5.74) is -0.764. The molecular weight excluding hydrogens is 259 g/mol. The van der Waals surface area contributed by atoms with Crippen molar-refractivity contribution in [2.75, 3.05) is 13.2 Å². The standard InChI is InChI=1S/C13H22F3NO2/c1-3-17-12(9-11(18)19-4-2)7-5-6-10(8-12)13(14,15)16/h10,17H,3-9H2,1-2H3. The normalized spacial score (nSPS) is 28.2. The zero-order valence-electron chi connectivity index (χ0n) is 11.5. The third kappa shape index (κ3) is 4.67. The second kappa shape index (κ2) is 6.59. The summed E-state index contributed by atoms with van der Waals surface area (Å²) in [5, 5.41) is 3.09. The molecule has 0 heterocycles. The van der Waals surface area contributed by atoms with Gasteiger partial charge in [0.15, 0.2) is 0 Å². The zero-order chi connectivity index (χ0) is 14.5. The smallest absolute Gasteiger partial charge is 0.391 e. The summed E-state index contributed by atoms with van der Waals surface area (Å²) in [4.78, 5) is 11.6. The van der Waals surface area contributed by atoms with Gasteiger partial charge in [0, 0.05) is 5.54 Å². The van der Waals surface area contributed by atoms with Crippen molar-refractivity contribution in [3.8, 4) is 0 Å². The molecule has 0 aromatic carbocycles. The van der Waals surface area contributed by atoms with Crippen molar-refractivity contribution in [1.82, 2.24) is 5.32 Å². The first-order chi connectivity index (χ1) is 8.83. The number of hydrogen-bond donors (Lipinski definition) is 1. The van der Waals surface area contributed by atoms with Gasteiger partial charge < -0.3 is 10.1 Å². The first kappa shape index (κ1) is 16.3. The van der Waals surface area contributed by atoms with E-state index < -0.39 is 23.6 Å². The van der Waals surface area contributed by atoms with Crippen molar-refractivity contribution in [1.29, 1.82) is 0 Å². The molecule has 2 atom stereocenters. The van der Waals surface area contributed by atoms with Crippen molar-refractivity contribution in [2.45, 2.75) is 57.7 Å². The van der Waals surface area contributed by atoms with Crippen LogP contribution in [-0.4, -0.2) is 30.8 Å². The molecule has 3 nitrogen and oxygen atoms in total. The van der Waals surface area contributed by atoms with Crippen molar-refractivity contribution in [2.24, 2.45) is 5.92 Å². The molecule has 0 radical (unpaired) electrons. The predicted octanol–water partition coefficient (Wildman–Crippen LogP) is 3.04. The van der Waals surface area contributed by atoms with E-state index in [0.717, 1.165) is 0 Å². The molecule has 1 aliphatic rings. The quantitative estimate of drug-likeness (QED) is 0.787. The zero-order valence-corrected chi connectivity index (χ0v) is 11.5. The molecule has 6 heteroatoms. The average molecular weight is 281 g/mol. The largest absolute Gasteiger partial charge is 0.466 e. The van der Waals surface area contributed by atoms with E-state index in [1.165, 1.54) is 0 Å².